The minimum Gasteiger partial charge on any atom is -0.320 e. The van der Waals surface area contributed by atoms with Crippen LogP contribution in [0.3, 0.4) is 0 Å². The second-order valence-corrected chi connectivity index (χ2v) is 8.06. The minimum absolute atomic E-state index is 0.00268. The van der Waals surface area contributed by atoms with E-state index in [-0.39, 0.29) is 25.9 Å². The zero-order chi connectivity index (χ0) is 18.0. The molecule has 0 aliphatic heterocycles. The lowest BCUT2D eigenvalue weighted by atomic mass is 10.3. The summed E-state index contributed by atoms with van der Waals surface area (Å²) in [5, 5.41) is 10.3. The number of carbonyl (C=O) groups excluding carboxylic acids is 1. The largest absolute Gasteiger partial charge is 0.320 e. The van der Waals surface area contributed by atoms with E-state index in [0.717, 1.165) is 9.24 Å². The molecule has 2 aromatic heterocycles. The van der Waals surface area contributed by atoms with Gasteiger partial charge in [-0.05, 0) is 12.1 Å². The monoisotopic (exact) mass is 450 g/mol. The Morgan fingerprint density at radius 1 is 1.08 bits per heavy atom. The number of aromatic nitrogens is 3. The highest BCUT2D eigenvalue weighted by molar-refractivity contribution is 8.01. The normalized spacial score (nSPS) is 10.7. The molecule has 0 radical (unpaired) electrons. The van der Waals surface area contributed by atoms with Crippen molar-refractivity contribution in [3.05, 3.63) is 55.7 Å². The summed E-state index contributed by atoms with van der Waals surface area (Å²) in [5.41, 5.74) is 2.08. The van der Waals surface area contributed by atoms with Crippen molar-refractivity contribution in [1.82, 2.24) is 15.2 Å². The number of pyridine rings is 1. The van der Waals surface area contributed by atoms with Gasteiger partial charge in [0.1, 0.15) is 16.4 Å². The molecule has 128 valence electrons. The second kappa shape index (κ2) is 8.07. The van der Waals surface area contributed by atoms with Crippen molar-refractivity contribution in [3.8, 4) is 0 Å². The Bertz CT molecular complexity index is 937. The van der Waals surface area contributed by atoms with Gasteiger partial charge in [-0.1, -0.05) is 81.6 Å². The molecule has 0 atom stereocenters. The van der Waals surface area contributed by atoms with Crippen LogP contribution in [0.4, 0.5) is 5.69 Å². The summed E-state index contributed by atoms with van der Waals surface area (Å²) in [6, 6.07) is 7.23. The summed E-state index contributed by atoms with van der Waals surface area (Å²) < 4.78 is 0.746. The third-order valence-corrected chi connectivity index (χ3v) is 6.40. The van der Waals surface area contributed by atoms with Crippen molar-refractivity contribution in [2.45, 2.75) is 9.24 Å². The molecule has 0 aliphatic carbocycles. The molecule has 5 nitrogen and oxygen atoms in total. The van der Waals surface area contributed by atoms with E-state index in [4.69, 9.17) is 46.4 Å². The van der Waals surface area contributed by atoms with Crippen molar-refractivity contribution in [3.63, 3.8) is 0 Å². The summed E-state index contributed by atoms with van der Waals surface area (Å²) in [7, 11) is 0. The van der Waals surface area contributed by atoms with E-state index < -0.39 is 5.91 Å². The number of anilines is 1. The highest BCUT2D eigenvalue weighted by atomic mass is 35.5. The fourth-order valence-corrected chi connectivity index (χ4v) is 4.11. The number of halogens is 4. The smallest absolute Gasteiger partial charge is 0.275 e. The third kappa shape index (κ3) is 4.19. The summed E-state index contributed by atoms with van der Waals surface area (Å²) in [4.78, 5) is 17.3. The van der Waals surface area contributed by atoms with Gasteiger partial charge in [0.2, 0.25) is 0 Å². The Labute approximate surface area is 170 Å². The van der Waals surface area contributed by atoms with Crippen LogP contribution in [0.2, 0.25) is 20.2 Å². The first kappa shape index (κ1) is 18.7. The summed E-state index contributed by atoms with van der Waals surface area (Å²) in [5.74, 6) is -0.559. The van der Waals surface area contributed by atoms with E-state index in [9.17, 15) is 4.79 Å². The van der Waals surface area contributed by atoms with Crippen molar-refractivity contribution in [2.24, 2.45) is 0 Å². The fraction of sp³-hybridized carbons (Fsp3) is 0. The molecule has 0 aliphatic rings. The predicted octanol–water partition coefficient (Wildman–Crippen LogP) is 5.95. The molecule has 0 fully saturated rings. The first-order chi connectivity index (χ1) is 12.0. The van der Waals surface area contributed by atoms with Crippen LogP contribution in [-0.4, -0.2) is 21.1 Å². The van der Waals surface area contributed by atoms with Gasteiger partial charge in [-0.25, -0.2) is 4.98 Å². The van der Waals surface area contributed by atoms with Gasteiger partial charge in [0.25, 0.3) is 5.91 Å². The molecule has 2 heterocycles. The quantitative estimate of drug-likeness (QED) is 0.496. The lowest BCUT2D eigenvalue weighted by molar-refractivity contribution is 0.102. The van der Waals surface area contributed by atoms with E-state index in [1.54, 1.807) is 17.6 Å². The minimum atomic E-state index is -0.559. The van der Waals surface area contributed by atoms with Crippen molar-refractivity contribution in [1.29, 1.82) is 0 Å². The van der Waals surface area contributed by atoms with Gasteiger partial charge >= 0.3 is 0 Å². The highest BCUT2D eigenvalue weighted by Crippen LogP contribution is 2.37. The van der Waals surface area contributed by atoms with Gasteiger partial charge < -0.3 is 5.32 Å². The Morgan fingerprint density at radius 2 is 1.84 bits per heavy atom. The van der Waals surface area contributed by atoms with Crippen LogP contribution in [0.25, 0.3) is 0 Å². The number of hydrogen-bond donors (Lipinski definition) is 1. The van der Waals surface area contributed by atoms with E-state index >= 15 is 0 Å². The summed E-state index contributed by atoms with van der Waals surface area (Å²) >= 11 is 26.6. The zero-order valence-electron chi connectivity index (χ0n) is 12.0. The maximum Gasteiger partial charge on any atom is 0.275 e. The summed E-state index contributed by atoms with van der Waals surface area (Å²) in [6.45, 7) is 0. The molecule has 3 aromatic rings. The Hall–Kier alpha value is -1.09. The number of rotatable bonds is 4. The third-order valence-electron chi connectivity index (χ3n) is 2.87. The van der Waals surface area contributed by atoms with Crippen molar-refractivity contribution in [2.75, 3.05) is 5.32 Å². The van der Waals surface area contributed by atoms with Crippen LogP contribution in [0.1, 0.15) is 10.5 Å². The van der Waals surface area contributed by atoms with Crippen LogP contribution >= 0.6 is 69.5 Å². The Morgan fingerprint density at radius 3 is 2.56 bits per heavy atom. The van der Waals surface area contributed by atoms with Crippen LogP contribution in [0, 0.1) is 0 Å². The first-order valence-electron chi connectivity index (χ1n) is 6.51. The average Bonchev–Trinajstić information content (AvgIpc) is 3.11. The van der Waals surface area contributed by atoms with Gasteiger partial charge in [-0.2, -0.15) is 0 Å². The lowest BCUT2D eigenvalue weighted by Gasteiger charge is -2.11. The molecule has 1 aromatic carbocycles. The number of benzene rings is 1. The van der Waals surface area contributed by atoms with Crippen molar-refractivity contribution < 1.29 is 4.79 Å². The lowest BCUT2D eigenvalue weighted by Crippen LogP contribution is -2.15. The maximum absolute atomic E-state index is 12.6. The van der Waals surface area contributed by atoms with Gasteiger partial charge in [-0.15, -0.1) is 10.2 Å². The molecular weight excluding hydrogens is 446 g/mol. The number of nitrogens with zero attached hydrogens (tertiary/aromatic N) is 3. The van der Waals surface area contributed by atoms with E-state index in [2.05, 4.69) is 20.5 Å². The van der Waals surface area contributed by atoms with Crippen LogP contribution in [-0.2, 0) is 0 Å². The molecule has 0 bridgehead atoms. The first-order valence-corrected chi connectivity index (χ1v) is 9.72. The topological polar surface area (TPSA) is 67.8 Å². The van der Waals surface area contributed by atoms with Gasteiger partial charge in [0, 0.05) is 4.90 Å². The van der Waals surface area contributed by atoms with E-state index in [1.807, 2.05) is 12.1 Å². The van der Waals surface area contributed by atoms with Gasteiger partial charge in [0.15, 0.2) is 4.34 Å². The molecule has 0 unspecified atom stereocenters. The van der Waals surface area contributed by atoms with Crippen molar-refractivity contribution >= 4 is 81.1 Å². The number of amides is 1. The van der Waals surface area contributed by atoms with Crippen LogP contribution < -0.4 is 5.32 Å². The number of carbonyl (C=O) groups is 1. The fourth-order valence-electron chi connectivity index (χ4n) is 1.78. The second-order valence-electron chi connectivity index (χ2n) is 4.45. The molecule has 3 rings (SSSR count). The van der Waals surface area contributed by atoms with E-state index in [1.165, 1.54) is 23.1 Å². The zero-order valence-corrected chi connectivity index (χ0v) is 16.6. The number of para-hydroxylation sites is 1. The SMILES string of the molecule is O=C(Nc1ccccc1Sc1nncs1)c1nc(Cl)c(Cl)c(Cl)c1Cl. The maximum atomic E-state index is 12.6. The van der Waals surface area contributed by atoms with Crippen LogP contribution in [0.15, 0.2) is 39.0 Å². The molecule has 0 saturated heterocycles. The van der Waals surface area contributed by atoms with Crippen LogP contribution in [0.5, 0.6) is 0 Å². The molecule has 11 heteroatoms. The molecular formula is C14H6Cl4N4OS2. The van der Waals surface area contributed by atoms with Gasteiger partial charge in [0.05, 0.1) is 20.8 Å². The molecule has 25 heavy (non-hydrogen) atoms. The number of hydrogen-bond acceptors (Lipinski definition) is 6. The molecule has 1 N–H and O–H groups in total. The summed E-state index contributed by atoms with van der Waals surface area (Å²) in [6.07, 6.45) is 0. The number of nitrogens with one attached hydrogen (secondary N) is 1. The molecule has 0 saturated carbocycles. The standard InChI is InChI=1S/C14H6Cl4N4OS2/c15-8-9(16)11(21-12(18)10(8)17)13(23)20-6-3-1-2-4-7(6)25-14-22-19-5-24-14/h1-5H,(H,20,23). The highest BCUT2D eigenvalue weighted by Gasteiger charge is 2.21. The van der Waals surface area contributed by atoms with E-state index in [0.29, 0.717) is 5.69 Å². The Balaban J connectivity index is 1.90. The predicted molar refractivity (Wildman–Crippen MR) is 103 cm³/mol. The molecule has 0 spiro atoms. The van der Waals surface area contributed by atoms with Gasteiger partial charge in [-0.3, -0.25) is 4.79 Å². The Kier molecular flexibility index (Phi) is 6.04. The average molecular weight is 452 g/mol. The molecule has 1 amide bonds.